The monoisotopic (exact) mass is 410 g/mol. The Hall–Kier alpha value is -1.14. The van der Waals surface area contributed by atoms with Crippen LogP contribution in [0.15, 0.2) is 35.2 Å². The number of rotatable bonds is 5. The Morgan fingerprint density at radius 2 is 1.83 bits per heavy atom. The van der Waals surface area contributed by atoms with Crippen LogP contribution in [0.4, 0.5) is 0 Å². The molecule has 1 saturated carbocycles. The minimum absolute atomic E-state index is 0.352. The molecule has 1 aromatic heterocycles. The van der Waals surface area contributed by atoms with Gasteiger partial charge >= 0.3 is 0 Å². The largest absolute Gasteiger partial charge is 0.264 e. The van der Waals surface area contributed by atoms with Crippen molar-refractivity contribution in [1.29, 1.82) is 0 Å². The van der Waals surface area contributed by atoms with Crippen LogP contribution in [0.2, 0.25) is 0 Å². The molecule has 3 rings (SSSR count). The van der Waals surface area contributed by atoms with E-state index in [1.807, 2.05) is 12.1 Å². The van der Waals surface area contributed by atoms with Gasteiger partial charge in [0.2, 0.25) is 0 Å². The van der Waals surface area contributed by atoms with Crippen LogP contribution in [-0.4, -0.2) is 24.5 Å². The van der Waals surface area contributed by atoms with E-state index in [0.29, 0.717) is 10.8 Å². The molecule has 0 spiro atoms. The number of benzene rings is 1. The summed E-state index contributed by atoms with van der Waals surface area (Å²) in [6.07, 6.45) is 7.76. The fourth-order valence-corrected chi connectivity index (χ4v) is 4.30. The van der Waals surface area contributed by atoms with E-state index in [4.69, 9.17) is 5.10 Å². The minimum atomic E-state index is -3.16. The van der Waals surface area contributed by atoms with Gasteiger partial charge < -0.3 is 0 Å². The van der Waals surface area contributed by atoms with Gasteiger partial charge in [0.05, 0.1) is 16.3 Å². The molecule has 0 saturated heterocycles. The van der Waals surface area contributed by atoms with Crippen molar-refractivity contribution < 1.29 is 8.42 Å². The molecule has 0 unspecified atom stereocenters. The Labute approximate surface area is 152 Å². The molecule has 1 fully saturated rings. The summed E-state index contributed by atoms with van der Waals surface area (Å²) in [5.74, 6) is 0.691. The molecular formula is C18H23BrN2O2S. The molecule has 0 aliphatic heterocycles. The SMILES string of the molecule is CS(=O)(=O)c1ccc(-c2cc(CBr)nn2CC2CCCCC2)cc1. The van der Waals surface area contributed by atoms with Gasteiger partial charge in [-0.3, -0.25) is 4.68 Å². The zero-order chi connectivity index (χ0) is 17.2. The van der Waals surface area contributed by atoms with Crippen molar-refractivity contribution in [2.75, 3.05) is 6.26 Å². The molecule has 24 heavy (non-hydrogen) atoms. The Kier molecular flexibility index (Phi) is 5.45. The lowest BCUT2D eigenvalue weighted by atomic mass is 9.89. The molecule has 0 amide bonds. The second kappa shape index (κ2) is 7.40. The van der Waals surface area contributed by atoms with Gasteiger partial charge in [-0.1, -0.05) is 47.3 Å². The van der Waals surface area contributed by atoms with Crippen LogP contribution in [0.3, 0.4) is 0 Å². The maximum atomic E-state index is 11.6. The standard InChI is InChI=1S/C18H23BrN2O2S/c1-24(22,23)17-9-7-15(8-10-17)18-11-16(12-19)20-21(18)13-14-5-3-2-4-6-14/h7-11,14H,2-6,12-13H2,1H3. The molecule has 1 heterocycles. The van der Waals surface area contributed by atoms with Crippen LogP contribution in [0.25, 0.3) is 11.3 Å². The lowest BCUT2D eigenvalue weighted by Crippen LogP contribution is -2.16. The fraction of sp³-hybridized carbons (Fsp3) is 0.500. The highest BCUT2D eigenvalue weighted by Crippen LogP contribution is 2.29. The molecule has 130 valence electrons. The van der Waals surface area contributed by atoms with Gasteiger partial charge in [-0.05, 0) is 42.5 Å². The predicted octanol–water partition coefficient (Wildman–Crippen LogP) is 4.43. The van der Waals surface area contributed by atoms with E-state index in [-0.39, 0.29) is 0 Å². The third-order valence-corrected chi connectivity index (χ3v) is 6.40. The average molecular weight is 411 g/mol. The van der Waals surface area contributed by atoms with Crippen molar-refractivity contribution >= 4 is 25.8 Å². The van der Waals surface area contributed by atoms with E-state index in [9.17, 15) is 8.42 Å². The molecule has 2 aromatic rings. The lowest BCUT2D eigenvalue weighted by molar-refractivity contribution is 0.309. The second-order valence-electron chi connectivity index (χ2n) is 6.64. The predicted molar refractivity (Wildman–Crippen MR) is 100.0 cm³/mol. The highest BCUT2D eigenvalue weighted by atomic mass is 79.9. The number of aromatic nitrogens is 2. The van der Waals surface area contributed by atoms with Gasteiger partial charge in [0.15, 0.2) is 9.84 Å². The smallest absolute Gasteiger partial charge is 0.175 e. The first-order valence-corrected chi connectivity index (χ1v) is 11.4. The van der Waals surface area contributed by atoms with Crippen molar-refractivity contribution in [3.8, 4) is 11.3 Å². The van der Waals surface area contributed by atoms with E-state index >= 15 is 0 Å². The molecule has 0 radical (unpaired) electrons. The molecule has 1 aromatic carbocycles. The van der Waals surface area contributed by atoms with Crippen LogP contribution in [-0.2, 0) is 21.7 Å². The van der Waals surface area contributed by atoms with E-state index in [1.54, 1.807) is 12.1 Å². The molecule has 0 N–H and O–H groups in total. The maximum Gasteiger partial charge on any atom is 0.175 e. The first-order chi connectivity index (χ1) is 11.5. The van der Waals surface area contributed by atoms with Crippen molar-refractivity contribution in [2.24, 2.45) is 5.92 Å². The van der Waals surface area contributed by atoms with Gasteiger partial charge in [0.25, 0.3) is 0 Å². The molecule has 4 nitrogen and oxygen atoms in total. The molecule has 0 atom stereocenters. The summed E-state index contributed by atoms with van der Waals surface area (Å²) in [7, 11) is -3.16. The third-order valence-electron chi connectivity index (χ3n) is 4.70. The molecule has 6 heteroatoms. The van der Waals surface area contributed by atoms with Crippen LogP contribution in [0.5, 0.6) is 0 Å². The van der Waals surface area contributed by atoms with Crippen LogP contribution < -0.4 is 0 Å². The lowest BCUT2D eigenvalue weighted by Gasteiger charge is -2.22. The number of hydrogen-bond donors (Lipinski definition) is 0. The first-order valence-electron chi connectivity index (χ1n) is 8.40. The van der Waals surface area contributed by atoms with Crippen LogP contribution >= 0.6 is 15.9 Å². The number of alkyl halides is 1. The summed E-state index contributed by atoms with van der Waals surface area (Å²) in [5.41, 5.74) is 3.08. The summed E-state index contributed by atoms with van der Waals surface area (Å²) < 4.78 is 25.4. The zero-order valence-electron chi connectivity index (χ0n) is 13.9. The Balaban J connectivity index is 1.90. The number of sulfone groups is 1. The molecule has 0 bridgehead atoms. The van der Waals surface area contributed by atoms with E-state index in [0.717, 1.165) is 28.8 Å². The van der Waals surface area contributed by atoms with E-state index in [2.05, 4.69) is 26.7 Å². The maximum absolute atomic E-state index is 11.6. The fourth-order valence-electron chi connectivity index (χ4n) is 3.39. The summed E-state index contributed by atoms with van der Waals surface area (Å²) in [5, 5.41) is 5.44. The van der Waals surface area contributed by atoms with Crippen molar-refractivity contribution in [3.05, 3.63) is 36.0 Å². The van der Waals surface area contributed by atoms with Crippen molar-refractivity contribution in [3.63, 3.8) is 0 Å². The Morgan fingerprint density at radius 3 is 2.42 bits per heavy atom. The summed E-state index contributed by atoms with van der Waals surface area (Å²) in [6.45, 7) is 0.941. The summed E-state index contributed by atoms with van der Waals surface area (Å²) >= 11 is 3.49. The Morgan fingerprint density at radius 1 is 1.17 bits per heavy atom. The topological polar surface area (TPSA) is 52.0 Å². The molecule has 1 aliphatic rings. The second-order valence-corrected chi connectivity index (χ2v) is 9.21. The van der Waals surface area contributed by atoms with Crippen molar-refractivity contribution in [2.45, 2.75) is 48.9 Å². The summed E-state index contributed by atoms with van der Waals surface area (Å²) in [6, 6.07) is 9.20. The highest BCUT2D eigenvalue weighted by molar-refractivity contribution is 9.08. The third kappa shape index (κ3) is 4.09. The van der Waals surface area contributed by atoms with Crippen LogP contribution in [0, 0.1) is 5.92 Å². The zero-order valence-corrected chi connectivity index (χ0v) is 16.3. The van der Waals surface area contributed by atoms with Crippen molar-refractivity contribution in [1.82, 2.24) is 9.78 Å². The summed E-state index contributed by atoms with van der Waals surface area (Å²) in [4.78, 5) is 0.352. The average Bonchev–Trinajstić information content (AvgIpc) is 2.98. The quantitative estimate of drug-likeness (QED) is 0.684. The first kappa shape index (κ1) is 17.7. The van der Waals surface area contributed by atoms with Crippen LogP contribution in [0.1, 0.15) is 37.8 Å². The van der Waals surface area contributed by atoms with E-state index in [1.165, 1.54) is 38.4 Å². The highest BCUT2D eigenvalue weighted by Gasteiger charge is 2.18. The molecule has 1 aliphatic carbocycles. The number of halogens is 1. The minimum Gasteiger partial charge on any atom is -0.264 e. The Bertz CT molecular complexity index is 791. The van der Waals surface area contributed by atoms with Gasteiger partial charge in [-0.25, -0.2) is 8.42 Å². The van der Waals surface area contributed by atoms with Gasteiger partial charge in [-0.2, -0.15) is 5.10 Å². The van der Waals surface area contributed by atoms with Gasteiger partial charge in [-0.15, -0.1) is 0 Å². The number of hydrogen-bond acceptors (Lipinski definition) is 3. The molecular weight excluding hydrogens is 388 g/mol. The van der Waals surface area contributed by atoms with Gasteiger partial charge in [0, 0.05) is 18.1 Å². The van der Waals surface area contributed by atoms with Gasteiger partial charge in [0.1, 0.15) is 0 Å². The normalized spacial score (nSPS) is 16.4. The van der Waals surface area contributed by atoms with E-state index < -0.39 is 9.84 Å². The number of nitrogens with zero attached hydrogens (tertiary/aromatic N) is 2.